The van der Waals surface area contributed by atoms with E-state index in [1.807, 2.05) is 75.5 Å². The smallest absolute Gasteiger partial charge is 0.392 e. The summed E-state index contributed by atoms with van der Waals surface area (Å²) >= 11 is 0. The summed E-state index contributed by atoms with van der Waals surface area (Å²) in [4.78, 5) is 12.8. The predicted octanol–water partition coefficient (Wildman–Crippen LogP) is 7.58. The predicted molar refractivity (Wildman–Crippen MR) is 134 cm³/mol. The van der Waals surface area contributed by atoms with E-state index in [1.54, 1.807) is 4.57 Å². The molecule has 8 heteroatoms. The second-order valence-electron chi connectivity index (χ2n) is 9.01. The van der Waals surface area contributed by atoms with Crippen molar-refractivity contribution < 1.29 is 27.1 Å². The Bertz CT molecular complexity index is 1410. The number of hydrogen-bond acceptors (Lipinski definition) is 2. The van der Waals surface area contributed by atoms with Crippen LogP contribution in [-0.4, -0.2) is 10.7 Å². The molecule has 0 aliphatic carbocycles. The van der Waals surface area contributed by atoms with E-state index in [4.69, 9.17) is 4.74 Å². The number of nitrogens with zero attached hydrogens (tertiary/aromatic N) is 1. The molecule has 0 atom stereocenters. The second kappa shape index (κ2) is 10.5. The standard InChI is InChI=1S/C29H26F4N2O2/c1-18-4-8-21(9-5-18)17-35-16-20(3)26(22-10-6-19(2)7-11-22)27(35)37-28(36)34-15-23-12-13-24(30)14-25(23)29(31,32)33/h4-14,16H,15,17H2,1-3H3,(H,34,36). The number of carbonyl (C=O) groups is 1. The molecule has 1 aromatic heterocycles. The van der Waals surface area contributed by atoms with Gasteiger partial charge in [-0.3, -0.25) is 0 Å². The van der Waals surface area contributed by atoms with Gasteiger partial charge in [-0.25, -0.2) is 9.18 Å². The molecule has 4 nitrogen and oxygen atoms in total. The third-order valence-electron chi connectivity index (χ3n) is 6.02. The van der Waals surface area contributed by atoms with Gasteiger partial charge in [0.1, 0.15) is 5.82 Å². The molecule has 0 bridgehead atoms. The van der Waals surface area contributed by atoms with Crippen LogP contribution in [-0.2, 0) is 19.3 Å². The summed E-state index contributed by atoms with van der Waals surface area (Å²) in [6.45, 7) is 5.80. The van der Waals surface area contributed by atoms with E-state index in [0.29, 0.717) is 18.2 Å². The summed E-state index contributed by atoms with van der Waals surface area (Å²) < 4.78 is 61.0. The fraction of sp³-hybridized carbons (Fsp3) is 0.207. The van der Waals surface area contributed by atoms with E-state index >= 15 is 0 Å². The van der Waals surface area contributed by atoms with Crippen LogP contribution in [0.15, 0.2) is 72.9 Å². The minimum absolute atomic E-state index is 0.268. The minimum Gasteiger partial charge on any atom is -0.392 e. The first kappa shape index (κ1) is 26.0. The normalized spacial score (nSPS) is 11.4. The number of ether oxygens (including phenoxy) is 1. The van der Waals surface area contributed by atoms with Gasteiger partial charge in [-0.1, -0.05) is 65.7 Å². The fourth-order valence-electron chi connectivity index (χ4n) is 4.12. The van der Waals surface area contributed by atoms with Crippen molar-refractivity contribution in [2.45, 2.75) is 40.0 Å². The van der Waals surface area contributed by atoms with Crippen molar-refractivity contribution in [1.82, 2.24) is 9.88 Å². The van der Waals surface area contributed by atoms with Crippen LogP contribution in [0.3, 0.4) is 0 Å². The van der Waals surface area contributed by atoms with E-state index < -0.39 is 30.2 Å². The van der Waals surface area contributed by atoms with Crippen LogP contribution < -0.4 is 10.1 Å². The maximum atomic E-state index is 13.4. The van der Waals surface area contributed by atoms with Crippen molar-refractivity contribution in [2.75, 3.05) is 0 Å². The molecular weight excluding hydrogens is 484 g/mol. The average Bonchev–Trinajstić information content (AvgIpc) is 3.13. The summed E-state index contributed by atoms with van der Waals surface area (Å²) in [5.74, 6) is -0.736. The number of halogens is 4. The lowest BCUT2D eigenvalue weighted by molar-refractivity contribution is -0.138. The van der Waals surface area contributed by atoms with Gasteiger partial charge >= 0.3 is 12.3 Å². The number of aromatic nitrogens is 1. The largest absolute Gasteiger partial charge is 0.416 e. The lowest BCUT2D eigenvalue weighted by Gasteiger charge is -2.15. The first-order valence-electron chi connectivity index (χ1n) is 11.6. The maximum absolute atomic E-state index is 13.4. The van der Waals surface area contributed by atoms with Crippen LogP contribution in [0.25, 0.3) is 11.1 Å². The molecule has 0 saturated heterocycles. The Kier molecular flexibility index (Phi) is 7.38. The zero-order valence-corrected chi connectivity index (χ0v) is 20.6. The highest BCUT2D eigenvalue weighted by Gasteiger charge is 2.34. The monoisotopic (exact) mass is 510 g/mol. The van der Waals surface area contributed by atoms with Gasteiger partial charge in [0.25, 0.3) is 0 Å². The van der Waals surface area contributed by atoms with E-state index in [9.17, 15) is 22.4 Å². The molecule has 3 aromatic carbocycles. The van der Waals surface area contributed by atoms with Crippen molar-refractivity contribution in [3.05, 3.63) is 112 Å². The van der Waals surface area contributed by atoms with Gasteiger partial charge < -0.3 is 14.6 Å². The summed E-state index contributed by atoms with van der Waals surface area (Å²) in [5, 5.41) is 2.38. The number of benzene rings is 3. The Balaban J connectivity index is 1.63. The van der Waals surface area contributed by atoms with Crippen molar-refractivity contribution >= 4 is 6.09 Å². The fourth-order valence-corrected chi connectivity index (χ4v) is 4.12. The first-order valence-corrected chi connectivity index (χ1v) is 11.6. The number of carbonyl (C=O) groups excluding carboxylic acids is 1. The number of aryl methyl sites for hydroxylation is 3. The molecule has 0 fully saturated rings. The molecule has 0 aliphatic rings. The Morgan fingerprint density at radius 2 is 1.54 bits per heavy atom. The highest BCUT2D eigenvalue weighted by Crippen LogP contribution is 2.36. The number of rotatable bonds is 6. The second-order valence-corrected chi connectivity index (χ2v) is 9.01. The van der Waals surface area contributed by atoms with Gasteiger partial charge in [0.15, 0.2) is 0 Å². The van der Waals surface area contributed by atoms with Gasteiger partial charge in [-0.05, 0) is 55.2 Å². The lowest BCUT2D eigenvalue weighted by atomic mass is 10.0. The third kappa shape index (κ3) is 6.20. The Hall–Kier alpha value is -4.07. The number of hydrogen-bond donors (Lipinski definition) is 1. The molecule has 0 saturated carbocycles. The zero-order valence-electron chi connectivity index (χ0n) is 20.6. The third-order valence-corrected chi connectivity index (χ3v) is 6.02. The van der Waals surface area contributed by atoms with Crippen LogP contribution in [0, 0.1) is 26.6 Å². The molecule has 1 amide bonds. The summed E-state index contributed by atoms with van der Waals surface area (Å²) in [6.07, 6.45) is -3.81. The van der Waals surface area contributed by atoms with Gasteiger partial charge in [-0.15, -0.1) is 0 Å². The molecule has 192 valence electrons. The van der Waals surface area contributed by atoms with Crippen molar-refractivity contribution in [2.24, 2.45) is 0 Å². The van der Waals surface area contributed by atoms with Crippen LogP contribution in [0.5, 0.6) is 5.88 Å². The Labute approximate surface area is 212 Å². The van der Waals surface area contributed by atoms with Crippen LogP contribution in [0.2, 0.25) is 0 Å². The van der Waals surface area contributed by atoms with Crippen molar-refractivity contribution in [3.63, 3.8) is 0 Å². The molecule has 0 aliphatic heterocycles. The van der Waals surface area contributed by atoms with Crippen LogP contribution in [0.1, 0.15) is 33.4 Å². The number of amides is 1. The average molecular weight is 511 g/mol. The minimum atomic E-state index is -4.76. The van der Waals surface area contributed by atoms with Crippen LogP contribution in [0.4, 0.5) is 22.4 Å². The SMILES string of the molecule is Cc1ccc(Cn2cc(C)c(-c3ccc(C)cc3)c2OC(=O)NCc2ccc(F)cc2C(F)(F)F)cc1. The molecule has 4 aromatic rings. The lowest BCUT2D eigenvalue weighted by Crippen LogP contribution is -2.28. The quantitative estimate of drug-likeness (QED) is 0.272. The van der Waals surface area contributed by atoms with E-state index in [2.05, 4.69) is 5.32 Å². The van der Waals surface area contributed by atoms with E-state index in [0.717, 1.165) is 39.9 Å². The first-order chi connectivity index (χ1) is 17.5. The summed E-state index contributed by atoms with van der Waals surface area (Å²) in [7, 11) is 0. The molecule has 0 unspecified atom stereocenters. The van der Waals surface area contributed by atoms with Gasteiger partial charge in [0, 0.05) is 18.3 Å². The van der Waals surface area contributed by atoms with Crippen molar-refractivity contribution in [1.29, 1.82) is 0 Å². The zero-order chi connectivity index (χ0) is 26.7. The Morgan fingerprint density at radius 3 is 2.16 bits per heavy atom. The maximum Gasteiger partial charge on any atom is 0.416 e. The molecule has 1 heterocycles. The number of alkyl halides is 3. The molecule has 1 N–H and O–H groups in total. The highest BCUT2D eigenvalue weighted by molar-refractivity contribution is 5.78. The van der Waals surface area contributed by atoms with Crippen LogP contribution >= 0.6 is 0 Å². The van der Waals surface area contributed by atoms with E-state index in [-0.39, 0.29) is 11.4 Å². The van der Waals surface area contributed by atoms with Gasteiger partial charge in [-0.2, -0.15) is 13.2 Å². The van der Waals surface area contributed by atoms with Gasteiger partial charge in [0.2, 0.25) is 5.88 Å². The molecule has 4 rings (SSSR count). The summed E-state index contributed by atoms with van der Waals surface area (Å²) in [5.41, 5.74) is 4.18. The Morgan fingerprint density at radius 1 is 0.919 bits per heavy atom. The number of nitrogens with one attached hydrogen (secondary N) is 1. The van der Waals surface area contributed by atoms with Gasteiger partial charge in [0.05, 0.1) is 12.1 Å². The highest BCUT2D eigenvalue weighted by atomic mass is 19.4. The molecule has 37 heavy (non-hydrogen) atoms. The molecule has 0 radical (unpaired) electrons. The topological polar surface area (TPSA) is 43.3 Å². The molecule has 0 spiro atoms. The van der Waals surface area contributed by atoms with E-state index in [1.165, 1.54) is 0 Å². The van der Waals surface area contributed by atoms with Crippen molar-refractivity contribution in [3.8, 4) is 17.0 Å². The molecular formula is C29H26F4N2O2. The summed E-state index contributed by atoms with van der Waals surface area (Å²) in [6, 6.07) is 18.0.